The second kappa shape index (κ2) is 4.58. The molecule has 4 heteroatoms. The van der Waals surface area contributed by atoms with Crippen LogP contribution in [-0.2, 0) is 6.42 Å². The number of anilines is 1. The summed E-state index contributed by atoms with van der Waals surface area (Å²) in [5.74, 6) is 2.68. The zero-order valence-corrected chi connectivity index (χ0v) is 10.8. The molecule has 1 saturated carbocycles. The molecular formula is C12H18ClN3. The Morgan fingerprint density at radius 2 is 2.19 bits per heavy atom. The van der Waals surface area contributed by atoms with E-state index in [0.29, 0.717) is 5.15 Å². The Hall–Kier alpha value is -0.830. The first kappa shape index (κ1) is 11.6. The molecule has 1 aromatic heterocycles. The monoisotopic (exact) mass is 239 g/mol. The Labute approximate surface area is 102 Å². The fourth-order valence-corrected chi connectivity index (χ4v) is 2.37. The van der Waals surface area contributed by atoms with Gasteiger partial charge in [-0.1, -0.05) is 25.4 Å². The van der Waals surface area contributed by atoms with Crippen LogP contribution in [0, 0.1) is 11.8 Å². The van der Waals surface area contributed by atoms with Crippen LogP contribution in [0.3, 0.4) is 0 Å². The van der Waals surface area contributed by atoms with Crippen molar-refractivity contribution in [1.29, 1.82) is 0 Å². The van der Waals surface area contributed by atoms with Gasteiger partial charge in [-0.15, -0.1) is 0 Å². The second-order valence-electron chi connectivity index (χ2n) is 4.67. The van der Waals surface area contributed by atoms with Crippen LogP contribution in [0.2, 0.25) is 5.15 Å². The quantitative estimate of drug-likeness (QED) is 0.757. The van der Waals surface area contributed by atoms with Gasteiger partial charge in [-0.2, -0.15) is 0 Å². The molecule has 1 heterocycles. The first-order valence-corrected chi connectivity index (χ1v) is 6.21. The molecule has 0 radical (unpaired) electrons. The van der Waals surface area contributed by atoms with Crippen LogP contribution in [0.1, 0.15) is 25.8 Å². The van der Waals surface area contributed by atoms with E-state index in [4.69, 9.17) is 11.6 Å². The van der Waals surface area contributed by atoms with Gasteiger partial charge in [0, 0.05) is 19.2 Å². The number of rotatable bonds is 4. The van der Waals surface area contributed by atoms with Crippen LogP contribution >= 0.6 is 11.6 Å². The molecule has 0 aliphatic heterocycles. The molecule has 0 N–H and O–H groups in total. The summed E-state index contributed by atoms with van der Waals surface area (Å²) in [6.07, 6.45) is 3.76. The van der Waals surface area contributed by atoms with Crippen molar-refractivity contribution in [2.75, 3.05) is 18.5 Å². The first-order chi connectivity index (χ1) is 7.63. The van der Waals surface area contributed by atoms with Crippen LogP contribution in [0.5, 0.6) is 0 Å². The average molecular weight is 240 g/mol. The molecule has 16 heavy (non-hydrogen) atoms. The van der Waals surface area contributed by atoms with E-state index < -0.39 is 0 Å². The molecule has 0 aromatic carbocycles. The van der Waals surface area contributed by atoms with Gasteiger partial charge in [0.2, 0.25) is 0 Å². The summed E-state index contributed by atoms with van der Waals surface area (Å²) in [7, 11) is 2.09. The van der Waals surface area contributed by atoms with E-state index in [0.717, 1.165) is 36.2 Å². The molecule has 0 spiro atoms. The fraction of sp³-hybridized carbons (Fsp3) is 0.667. The lowest BCUT2D eigenvalue weighted by Gasteiger charge is -2.20. The van der Waals surface area contributed by atoms with E-state index in [-0.39, 0.29) is 0 Å². The summed E-state index contributed by atoms with van der Waals surface area (Å²) in [4.78, 5) is 10.6. The molecule has 2 atom stereocenters. The van der Waals surface area contributed by atoms with Crippen molar-refractivity contribution < 1.29 is 0 Å². The molecule has 0 saturated heterocycles. The third-order valence-electron chi connectivity index (χ3n) is 3.37. The minimum atomic E-state index is 0.586. The Bertz CT molecular complexity index is 381. The number of hydrogen-bond donors (Lipinski definition) is 0. The summed E-state index contributed by atoms with van der Waals surface area (Å²) >= 11 is 6.08. The molecule has 1 aliphatic carbocycles. The van der Waals surface area contributed by atoms with E-state index in [1.165, 1.54) is 6.42 Å². The second-order valence-corrected chi connectivity index (χ2v) is 5.03. The van der Waals surface area contributed by atoms with E-state index in [1.54, 1.807) is 6.33 Å². The highest BCUT2D eigenvalue weighted by Gasteiger charge is 2.33. The van der Waals surface area contributed by atoms with Crippen molar-refractivity contribution in [1.82, 2.24) is 9.97 Å². The van der Waals surface area contributed by atoms with E-state index in [1.807, 2.05) is 0 Å². The molecule has 1 aliphatic rings. The zero-order chi connectivity index (χ0) is 11.7. The molecule has 2 unspecified atom stereocenters. The van der Waals surface area contributed by atoms with Crippen molar-refractivity contribution in [3.05, 3.63) is 17.0 Å². The maximum absolute atomic E-state index is 6.08. The molecule has 2 rings (SSSR count). The van der Waals surface area contributed by atoms with Gasteiger partial charge in [-0.3, -0.25) is 0 Å². The van der Waals surface area contributed by atoms with Crippen molar-refractivity contribution in [2.45, 2.75) is 26.7 Å². The molecule has 0 bridgehead atoms. The van der Waals surface area contributed by atoms with Gasteiger partial charge in [0.25, 0.3) is 0 Å². The molecule has 1 fully saturated rings. The first-order valence-electron chi connectivity index (χ1n) is 5.84. The Morgan fingerprint density at radius 1 is 1.50 bits per heavy atom. The average Bonchev–Trinajstić information content (AvgIpc) is 2.93. The van der Waals surface area contributed by atoms with E-state index >= 15 is 0 Å². The highest BCUT2D eigenvalue weighted by Crippen LogP contribution is 2.39. The highest BCUT2D eigenvalue weighted by atomic mass is 35.5. The normalized spacial score (nSPS) is 23.2. The lowest BCUT2D eigenvalue weighted by molar-refractivity contribution is 0.715. The molecular weight excluding hydrogens is 222 g/mol. The standard InChI is InChI=1S/C12H18ClN3/c1-4-10-11(13)14-7-15-12(10)16(3)6-9-5-8(9)2/h7-9H,4-6H2,1-3H3. The Morgan fingerprint density at radius 3 is 2.75 bits per heavy atom. The Balaban J connectivity index is 2.15. The van der Waals surface area contributed by atoms with Gasteiger partial charge >= 0.3 is 0 Å². The number of halogens is 1. The number of aromatic nitrogens is 2. The lowest BCUT2D eigenvalue weighted by Crippen LogP contribution is -2.23. The topological polar surface area (TPSA) is 29.0 Å². The zero-order valence-electron chi connectivity index (χ0n) is 10.1. The van der Waals surface area contributed by atoms with Crippen LogP contribution < -0.4 is 4.90 Å². The molecule has 1 aromatic rings. The van der Waals surface area contributed by atoms with Gasteiger partial charge in [0.1, 0.15) is 17.3 Å². The van der Waals surface area contributed by atoms with Crippen LogP contribution in [0.15, 0.2) is 6.33 Å². The molecule has 88 valence electrons. The molecule has 3 nitrogen and oxygen atoms in total. The van der Waals surface area contributed by atoms with Crippen LogP contribution in [0.25, 0.3) is 0 Å². The SMILES string of the molecule is CCc1c(Cl)ncnc1N(C)CC1CC1C. The largest absolute Gasteiger partial charge is 0.359 e. The van der Waals surface area contributed by atoms with Crippen molar-refractivity contribution in [2.24, 2.45) is 11.8 Å². The maximum Gasteiger partial charge on any atom is 0.137 e. The van der Waals surface area contributed by atoms with Crippen molar-refractivity contribution >= 4 is 17.4 Å². The summed E-state index contributed by atoms with van der Waals surface area (Å²) in [5, 5.41) is 0.586. The minimum Gasteiger partial charge on any atom is -0.359 e. The van der Waals surface area contributed by atoms with Gasteiger partial charge in [-0.05, 0) is 24.7 Å². The van der Waals surface area contributed by atoms with Gasteiger partial charge in [0.05, 0.1) is 0 Å². The van der Waals surface area contributed by atoms with Crippen molar-refractivity contribution in [3.8, 4) is 0 Å². The maximum atomic E-state index is 6.08. The van der Waals surface area contributed by atoms with E-state index in [2.05, 4.69) is 35.8 Å². The van der Waals surface area contributed by atoms with Crippen LogP contribution in [-0.4, -0.2) is 23.6 Å². The van der Waals surface area contributed by atoms with Gasteiger partial charge < -0.3 is 4.90 Å². The molecule has 0 amide bonds. The number of nitrogens with zero attached hydrogens (tertiary/aromatic N) is 3. The highest BCUT2D eigenvalue weighted by molar-refractivity contribution is 6.30. The predicted octanol–water partition coefficient (Wildman–Crippen LogP) is 2.78. The summed E-state index contributed by atoms with van der Waals surface area (Å²) in [6.45, 7) is 5.45. The Kier molecular flexibility index (Phi) is 3.33. The minimum absolute atomic E-state index is 0.586. The summed E-state index contributed by atoms with van der Waals surface area (Å²) in [6, 6.07) is 0. The smallest absolute Gasteiger partial charge is 0.137 e. The predicted molar refractivity (Wildman–Crippen MR) is 67.0 cm³/mol. The third kappa shape index (κ3) is 2.29. The lowest BCUT2D eigenvalue weighted by atomic mass is 10.2. The number of hydrogen-bond acceptors (Lipinski definition) is 3. The van der Waals surface area contributed by atoms with Gasteiger partial charge in [-0.25, -0.2) is 9.97 Å². The summed E-state index contributed by atoms with van der Waals surface area (Å²) < 4.78 is 0. The summed E-state index contributed by atoms with van der Waals surface area (Å²) in [5.41, 5.74) is 1.06. The third-order valence-corrected chi connectivity index (χ3v) is 3.70. The fourth-order valence-electron chi connectivity index (χ4n) is 2.11. The van der Waals surface area contributed by atoms with Gasteiger partial charge in [0.15, 0.2) is 0 Å². The van der Waals surface area contributed by atoms with E-state index in [9.17, 15) is 0 Å². The van der Waals surface area contributed by atoms with Crippen LogP contribution in [0.4, 0.5) is 5.82 Å². The van der Waals surface area contributed by atoms with Crippen molar-refractivity contribution in [3.63, 3.8) is 0 Å².